The molecule has 22 heavy (non-hydrogen) atoms. The third-order valence-electron chi connectivity index (χ3n) is 3.04. The van der Waals surface area contributed by atoms with Crippen molar-refractivity contribution in [1.29, 1.82) is 0 Å². The number of aliphatic hydroxyl groups is 1. The van der Waals surface area contributed by atoms with E-state index in [1.54, 1.807) is 7.05 Å². The van der Waals surface area contributed by atoms with E-state index in [0.29, 0.717) is 0 Å². The van der Waals surface area contributed by atoms with Crippen LogP contribution >= 0.6 is 0 Å². The first-order chi connectivity index (χ1) is 10.4. The number of hydrogen-bond acceptors (Lipinski definition) is 7. The highest BCUT2D eigenvalue weighted by atomic mass is 16.3. The van der Waals surface area contributed by atoms with Gasteiger partial charge < -0.3 is 21.1 Å². The molecule has 1 aromatic heterocycles. The minimum absolute atomic E-state index is 0.0739. The number of Topliss-reactive ketones (excluding diaryl/α,β-unsaturated/α-hetero) is 1. The number of nitrogen functional groups attached to an aromatic ring is 1. The number of nitrogens with two attached hydrogens (primary N) is 1. The SMILES string of the molecule is CN[C@@H](CO)CN(CC(C)=O)C(=O)Cn1ccc(N)nc1=O. The number of likely N-dealkylation sites (N-methyl/N-ethyl adjacent to an activating group) is 1. The zero-order valence-corrected chi connectivity index (χ0v) is 12.7. The average Bonchev–Trinajstić information content (AvgIpc) is 2.45. The van der Waals surface area contributed by atoms with Crippen LogP contribution in [0.3, 0.4) is 0 Å². The molecule has 0 unspecified atom stereocenters. The molecule has 0 saturated carbocycles. The number of nitrogens with zero attached hydrogens (tertiary/aromatic N) is 3. The Labute approximate surface area is 127 Å². The maximum absolute atomic E-state index is 12.3. The van der Waals surface area contributed by atoms with E-state index < -0.39 is 11.6 Å². The van der Waals surface area contributed by atoms with Gasteiger partial charge in [0.05, 0.1) is 13.2 Å². The van der Waals surface area contributed by atoms with Gasteiger partial charge in [0.15, 0.2) is 0 Å². The number of aliphatic hydroxyl groups excluding tert-OH is 1. The Morgan fingerprint density at radius 1 is 1.55 bits per heavy atom. The highest BCUT2D eigenvalue weighted by Gasteiger charge is 2.20. The van der Waals surface area contributed by atoms with E-state index in [9.17, 15) is 19.5 Å². The summed E-state index contributed by atoms with van der Waals surface area (Å²) >= 11 is 0. The number of hydrogen-bond donors (Lipinski definition) is 3. The lowest BCUT2D eigenvalue weighted by atomic mass is 10.2. The topological polar surface area (TPSA) is 131 Å². The minimum atomic E-state index is -0.636. The van der Waals surface area contributed by atoms with Gasteiger partial charge in [0.1, 0.15) is 18.1 Å². The maximum atomic E-state index is 12.3. The van der Waals surface area contributed by atoms with Crippen LogP contribution in [0.5, 0.6) is 0 Å². The number of ketones is 1. The van der Waals surface area contributed by atoms with Crippen molar-refractivity contribution in [3.8, 4) is 0 Å². The number of rotatable bonds is 8. The van der Waals surface area contributed by atoms with Gasteiger partial charge >= 0.3 is 5.69 Å². The lowest BCUT2D eigenvalue weighted by molar-refractivity contribution is -0.136. The number of carbonyl (C=O) groups is 2. The number of aromatic nitrogens is 2. The molecule has 1 atom stereocenters. The molecule has 9 heteroatoms. The van der Waals surface area contributed by atoms with Crippen molar-refractivity contribution >= 4 is 17.5 Å². The zero-order valence-electron chi connectivity index (χ0n) is 12.7. The van der Waals surface area contributed by atoms with Gasteiger partial charge in [-0.3, -0.25) is 14.2 Å². The number of carbonyl (C=O) groups excluding carboxylic acids is 2. The van der Waals surface area contributed by atoms with Crippen LogP contribution in [-0.2, 0) is 16.1 Å². The van der Waals surface area contributed by atoms with Crippen molar-refractivity contribution in [3.05, 3.63) is 22.7 Å². The Hall–Kier alpha value is -2.26. The van der Waals surface area contributed by atoms with E-state index in [2.05, 4.69) is 10.3 Å². The van der Waals surface area contributed by atoms with Crippen molar-refractivity contribution < 1.29 is 14.7 Å². The molecular weight excluding hydrogens is 290 g/mol. The molecule has 122 valence electrons. The molecule has 1 aromatic rings. The van der Waals surface area contributed by atoms with Crippen LogP contribution in [0.4, 0.5) is 5.82 Å². The predicted molar refractivity (Wildman–Crippen MR) is 80.1 cm³/mol. The predicted octanol–water partition coefficient (Wildman–Crippen LogP) is -2.18. The molecule has 0 aliphatic heterocycles. The van der Waals surface area contributed by atoms with Crippen LogP contribution in [0.15, 0.2) is 17.1 Å². The second-order valence-electron chi connectivity index (χ2n) is 4.91. The van der Waals surface area contributed by atoms with Crippen molar-refractivity contribution in [2.24, 2.45) is 0 Å². The fourth-order valence-electron chi connectivity index (χ4n) is 1.84. The fraction of sp³-hybridized carbons (Fsp3) is 0.538. The van der Waals surface area contributed by atoms with Crippen LogP contribution < -0.4 is 16.7 Å². The minimum Gasteiger partial charge on any atom is -0.395 e. The summed E-state index contributed by atoms with van der Waals surface area (Å²) in [5, 5.41) is 12.0. The zero-order chi connectivity index (χ0) is 16.7. The van der Waals surface area contributed by atoms with Crippen molar-refractivity contribution in [3.63, 3.8) is 0 Å². The molecule has 0 spiro atoms. The molecule has 0 aliphatic rings. The lowest BCUT2D eigenvalue weighted by Crippen LogP contribution is -2.47. The van der Waals surface area contributed by atoms with Gasteiger partial charge in [-0.2, -0.15) is 4.98 Å². The molecule has 0 aliphatic carbocycles. The Morgan fingerprint density at radius 2 is 2.23 bits per heavy atom. The molecule has 1 rings (SSSR count). The summed E-state index contributed by atoms with van der Waals surface area (Å²) in [6.07, 6.45) is 1.37. The second-order valence-corrected chi connectivity index (χ2v) is 4.91. The molecule has 9 nitrogen and oxygen atoms in total. The molecule has 4 N–H and O–H groups in total. The monoisotopic (exact) mass is 311 g/mol. The van der Waals surface area contributed by atoms with Crippen LogP contribution in [0.1, 0.15) is 6.92 Å². The van der Waals surface area contributed by atoms with Crippen molar-refractivity contribution in [2.75, 3.05) is 32.5 Å². The van der Waals surface area contributed by atoms with Gasteiger partial charge in [-0.05, 0) is 20.0 Å². The van der Waals surface area contributed by atoms with Crippen LogP contribution in [-0.4, -0.2) is 64.0 Å². The molecule has 0 bridgehead atoms. The lowest BCUT2D eigenvalue weighted by Gasteiger charge is -2.26. The molecule has 0 radical (unpaired) electrons. The molecule has 0 saturated heterocycles. The van der Waals surface area contributed by atoms with E-state index >= 15 is 0 Å². The average molecular weight is 311 g/mol. The van der Waals surface area contributed by atoms with Gasteiger partial charge in [-0.25, -0.2) is 4.79 Å². The quantitative estimate of drug-likeness (QED) is 0.497. The number of nitrogens with one attached hydrogen (secondary N) is 1. The van der Waals surface area contributed by atoms with E-state index in [4.69, 9.17) is 5.73 Å². The molecule has 1 heterocycles. The van der Waals surface area contributed by atoms with Gasteiger partial charge in [-0.1, -0.05) is 0 Å². The third kappa shape index (κ3) is 5.26. The van der Waals surface area contributed by atoms with Crippen LogP contribution in [0, 0.1) is 0 Å². The normalized spacial score (nSPS) is 12.0. The maximum Gasteiger partial charge on any atom is 0.349 e. The van der Waals surface area contributed by atoms with Gasteiger partial charge in [0, 0.05) is 18.8 Å². The van der Waals surface area contributed by atoms with Crippen molar-refractivity contribution in [1.82, 2.24) is 19.8 Å². The van der Waals surface area contributed by atoms with Crippen molar-refractivity contribution in [2.45, 2.75) is 19.5 Å². The summed E-state index contributed by atoms with van der Waals surface area (Å²) in [5.74, 6) is -0.536. The number of amides is 1. The standard InChI is InChI=1S/C13H21N5O4/c1-9(20)5-18(6-10(8-19)15-2)12(21)7-17-4-3-11(14)16-13(17)22/h3-4,10,15,19H,5-8H2,1-2H3,(H2,14,16,22)/t10-/m1/s1. The van der Waals surface area contributed by atoms with Crippen LogP contribution in [0.25, 0.3) is 0 Å². The molecule has 0 fully saturated rings. The molecular formula is C13H21N5O4. The molecule has 1 amide bonds. The highest BCUT2D eigenvalue weighted by molar-refractivity contribution is 5.84. The summed E-state index contributed by atoms with van der Waals surface area (Å²) in [5.41, 5.74) is 4.75. The largest absolute Gasteiger partial charge is 0.395 e. The smallest absolute Gasteiger partial charge is 0.349 e. The summed E-state index contributed by atoms with van der Waals surface area (Å²) in [6, 6.07) is 1.05. The Bertz CT molecular complexity index is 582. The first kappa shape index (κ1) is 17.8. The van der Waals surface area contributed by atoms with E-state index in [0.717, 1.165) is 4.57 Å². The Balaban J connectivity index is 2.86. The van der Waals surface area contributed by atoms with Gasteiger partial charge in [0.25, 0.3) is 0 Å². The Kier molecular flexibility index (Phi) is 6.67. The molecule has 0 aromatic carbocycles. The Morgan fingerprint density at radius 3 is 2.73 bits per heavy atom. The van der Waals surface area contributed by atoms with Gasteiger partial charge in [0.2, 0.25) is 5.91 Å². The fourth-order valence-corrected chi connectivity index (χ4v) is 1.84. The summed E-state index contributed by atoms with van der Waals surface area (Å²) < 4.78 is 1.11. The first-order valence-corrected chi connectivity index (χ1v) is 6.75. The number of anilines is 1. The van der Waals surface area contributed by atoms with E-state index in [1.165, 1.54) is 24.1 Å². The summed E-state index contributed by atoms with van der Waals surface area (Å²) in [4.78, 5) is 40.1. The summed E-state index contributed by atoms with van der Waals surface area (Å²) in [7, 11) is 1.64. The van der Waals surface area contributed by atoms with Gasteiger partial charge in [-0.15, -0.1) is 0 Å². The summed E-state index contributed by atoms with van der Waals surface area (Å²) in [6.45, 7) is 1.00. The third-order valence-corrected chi connectivity index (χ3v) is 3.04. The van der Waals surface area contributed by atoms with E-state index in [1.807, 2.05) is 0 Å². The van der Waals surface area contributed by atoms with E-state index in [-0.39, 0.29) is 43.9 Å². The first-order valence-electron chi connectivity index (χ1n) is 6.75. The van der Waals surface area contributed by atoms with Crippen LogP contribution in [0.2, 0.25) is 0 Å². The highest BCUT2D eigenvalue weighted by Crippen LogP contribution is 1.98. The second kappa shape index (κ2) is 8.25.